The smallest absolute Gasteiger partial charge is 0.256 e. The zero-order valence-corrected chi connectivity index (χ0v) is 20.3. The third-order valence-electron chi connectivity index (χ3n) is 6.33. The second-order valence-corrected chi connectivity index (χ2v) is 9.25. The van der Waals surface area contributed by atoms with Crippen molar-refractivity contribution in [3.63, 3.8) is 0 Å². The highest BCUT2D eigenvalue weighted by Crippen LogP contribution is 2.39. The highest BCUT2D eigenvalue weighted by Gasteiger charge is 2.54. The molecular formula is C24H36N4O5. The molecule has 0 bridgehead atoms. The van der Waals surface area contributed by atoms with Crippen molar-refractivity contribution in [2.75, 3.05) is 54.0 Å². The molecule has 0 aromatic heterocycles. The molecule has 1 aromatic carbocycles. The molecule has 0 saturated carbocycles. The highest BCUT2D eigenvalue weighted by atomic mass is 16.5. The molecule has 3 amide bonds. The van der Waals surface area contributed by atoms with Gasteiger partial charge >= 0.3 is 0 Å². The van der Waals surface area contributed by atoms with Gasteiger partial charge in [-0.05, 0) is 38.4 Å². The molecule has 0 unspecified atom stereocenters. The van der Waals surface area contributed by atoms with Gasteiger partial charge in [0.1, 0.15) is 17.5 Å². The van der Waals surface area contributed by atoms with Crippen LogP contribution < -0.4 is 10.1 Å². The first-order valence-electron chi connectivity index (χ1n) is 11.5. The van der Waals surface area contributed by atoms with Crippen LogP contribution in [0.15, 0.2) is 24.3 Å². The number of likely N-dealkylation sites (tertiary alicyclic amines) is 1. The number of nitrogens with zero attached hydrogens (tertiary/aromatic N) is 3. The van der Waals surface area contributed by atoms with Crippen molar-refractivity contribution in [2.45, 2.75) is 38.5 Å². The molecule has 0 radical (unpaired) electrons. The molecule has 182 valence electrons. The summed E-state index contributed by atoms with van der Waals surface area (Å²) in [6.07, 6.45) is 0.934. The summed E-state index contributed by atoms with van der Waals surface area (Å²) < 4.78 is 11.4. The second-order valence-electron chi connectivity index (χ2n) is 9.25. The van der Waals surface area contributed by atoms with Crippen molar-refractivity contribution < 1.29 is 23.9 Å². The molecule has 9 nitrogen and oxygen atoms in total. The lowest BCUT2D eigenvalue weighted by Gasteiger charge is -2.44. The summed E-state index contributed by atoms with van der Waals surface area (Å²) in [5, 5.41) is 2.94. The predicted octanol–water partition coefficient (Wildman–Crippen LogP) is 1.19. The molecule has 1 N–H and O–H groups in total. The lowest BCUT2D eigenvalue weighted by Crippen LogP contribution is -2.60. The topological polar surface area (TPSA) is 91.4 Å². The molecule has 3 rings (SSSR count). The Hall–Kier alpha value is -2.65. The van der Waals surface area contributed by atoms with E-state index in [0.717, 1.165) is 0 Å². The Morgan fingerprint density at radius 1 is 1.18 bits per heavy atom. The van der Waals surface area contributed by atoms with Crippen molar-refractivity contribution in [3.8, 4) is 5.75 Å². The largest absolute Gasteiger partial charge is 0.497 e. The molecule has 0 aliphatic carbocycles. The van der Waals surface area contributed by atoms with Crippen LogP contribution in [0.25, 0.3) is 0 Å². The molecule has 2 saturated heterocycles. The molecule has 1 atom stereocenters. The summed E-state index contributed by atoms with van der Waals surface area (Å²) in [6, 6.07) is 6.13. The van der Waals surface area contributed by atoms with E-state index in [9.17, 15) is 14.4 Å². The summed E-state index contributed by atoms with van der Waals surface area (Å²) in [5.74, 6) is 0.171. The maximum atomic E-state index is 13.7. The Balaban J connectivity index is 1.83. The van der Waals surface area contributed by atoms with Gasteiger partial charge in [-0.1, -0.05) is 13.8 Å². The van der Waals surface area contributed by atoms with Crippen LogP contribution in [0.3, 0.4) is 0 Å². The number of methoxy groups -OCH3 is 1. The SMILES string of the molecule is COc1ccc(C(=O)N2[C@@H](C(=O)NCCN(C)C)COC23CCN(C(=O)C(C)C)CC3)cc1. The van der Waals surface area contributed by atoms with E-state index in [1.807, 2.05) is 37.7 Å². The molecule has 2 fully saturated rings. The van der Waals surface area contributed by atoms with Gasteiger partial charge in [0.25, 0.3) is 5.91 Å². The van der Waals surface area contributed by atoms with E-state index in [0.29, 0.717) is 50.3 Å². The number of piperidine rings is 1. The van der Waals surface area contributed by atoms with Crippen molar-refractivity contribution >= 4 is 17.7 Å². The van der Waals surface area contributed by atoms with Gasteiger partial charge in [0.05, 0.1) is 13.7 Å². The zero-order chi connectivity index (χ0) is 24.2. The van der Waals surface area contributed by atoms with Gasteiger partial charge in [0.2, 0.25) is 11.8 Å². The quantitative estimate of drug-likeness (QED) is 0.657. The summed E-state index contributed by atoms with van der Waals surface area (Å²) in [6.45, 7) is 6.04. The molecule has 2 aliphatic heterocycles. The van der Waals surface area contributed by atoms with Crippen molar-refractivity contribution in [2.24, 2.45) is 5.92 Å². The van der Waals surface area contributed by atoms with Crippen LogP contribution in [0.2, 0.25) is 0 Å². The molecule has 2 aliphatic rings. The van der Waals surface area contributed by atoms with Crippen molar-refractivity contribution in [1.29, 1.82) is 0 Å². The van der Waals surface area contributed by atoms with Crippen molar-refractivity contribution in [1.82, 2.24) is 20.0 Å². The van der Waals surface area contributed by atoms with Gasteiger partial charge < -0.3 is 24.6 Å². The van der Waals surface area contributed by atoms with Crippen LogP contribution in [0.5, 0.6) is 5.75 Å². The highest BCUT2D eigenvalue weighted by molar-refractivity contribution is 5.98. The number of amides is 3. The van der Waals surface area contributed by atoms with Crippen LogP contribution in [0.1, 0.15) is 37.0 Å². The Bertz CT molecular complexity index is 847. The standard InChI is InChI=1S/C24H36N4O5/c1-17(2)22(30)27-13-10-24(11-14-27)28(23(31)18-6-8-19(32-5)9-7-18)20(16-33-24)21(29)25-12-15-26(3)4/h6-9,17,20H,10-16H2,1-5H3,(H,25,29)/t20-/m1/s1. The summed E-state index contributed by atoms with van der Waals surface area (Å²) in [5.41, 5.74) is -0.443. The van der Waals surface area contributed by atoms with Gasteiger partial charge in [-0.25, -0.2) is 0 Å². The molecule has 9 heteroatoms. The van der Waals surface area contributed by atoms with Gasteiger partial charge in [-0.15, -0.1) is 0 Å². The summed E-state index contributed by atoms with van der Waals surface area (Å²) in [7, 11) is 5.44. The summed E-state index contributed by atoms with van der Waals surface area (Å²) >= 11 is 0. The van der Waals surface area contributed by atoms with E-state index in [2.05, 4.69) is 5.32 Å². The van der Waals surface area contributed by atoms with Crippen molar-refractivity contribution in [3.05, 3.63) is 29.8 Å². The van der Waals surface area contributed by atoms with Gasteiger partial charge in [0, 0.05) is 50.5 Å². The Labute approximate surface area is 196 Å². The van der Waals surface area contributed by atoms with E-state index in [1.54, 1.807) is 36.3 Å². The number of rotatable bonds is 7. The number of hydrogen-bond donors (Lipinski definition) is 1. The van der Waals surface area contributed by atoms with Crippen LogP contribution in [-0.4, -0.2) is 98.2 Å². The average Bonchev–Trinajstić information content (AvgIpc) is 3.16. The Morgan fingerprint density at radius 2 is 1.82 bits per heavy atom. The number of likely N-dealkylation sites (N-methyl/N-ethyl adjacent to an activating group) is 1. The first kappa shape index (κ1) is 25.0. The van der Waals surface area contributed by atoms with Crippen LogP contribution >= 0.6 is 0 Å². The number of nitrogens with one attached hydrogen (secondary N) is 1. The van der Waals surface area contributed by atoms with E-state index < -0.39 is 11.8 Å². The first-order chi connectivity index (χ1) is 15.7. The van der Waals surface area contributed by atoms with Crippen LogP contribution in [0.4, 0.5) is 0 Å². The Morgan fingerprint density at radius 3 is 2.36 bits per heavy atom. The van der Waals surface area contributed by atoms with E-state index in [-0.39, 0.29) is 30.2 Å². The number of benzene rings is 1. The number of carbonyl (C=O) groups excluding carboxylic acids is 3. The minimum Gasteiger partial charge on any atom is -0.497 e. The lowest BCUT2D eigenvalue weighted by molar-refractivity contribution is -0.146. The normalized spacial score (nSPS) is 19.9. The third kappa shape index (κ3) is 5.47. The molecule has 1 aromatic rings. The van der Waals surface area contributed by atoms with E-state index in [4.69, 9.17) is 9.47 Å². The minimum atomic E-state index is -0.908. The van der Waals surface area contributed by atoms with E-state index in [1.165, 1.54) is 0 Å². The lowest BCUT2D eigenvalue weighted by atomic mass is 9.95. The maximum absolute atomic E-state index is 13.7. The molecule has 33 heavy (non-hydrogen) atoms. The minimum absolute atomic E-state index is 0.0872. The van der Waals surface area contributed by atoms with Crippen LogP contribution in [-0.2, 0) is 14.3 Å². The van der Waals surface area contributed by atoms with Gasteiger partial charge in [-0.2, -0.15) is 0 Å². The number of hydrogen-bond acceptors (Lipinski definition) is 6. The molecule has 1 spiro atoms. The van der Waals surface area contributed by atoms with E-state index >= 15 is 0 Å². The fourth-order valence-corrected chi connectivity index (χ4v) is 4.40. The summed E-state index contributed by atoms with van der Waals surface area (Å²) in [4.78, 5) is 44.6. The fraction of sp³-hybridized carbons (Fsp3) is 0.625. The maximum Gasteiger partial charge on any atom is 0.256 e. The number of carbonyl (C=O) groups is 3. The predicted molar refractivity (Wildman–Crippen MR) is 124 cm³/mol. The van der Waals surface area contributed by atoms with Crippen LogP contribution in [0, 0.1) is 5.92 Å². The first-order valence-corrected chi connectivity index (χ1v) is 11.5. The monoisotopic (exact) mass is 460 g/mol. The van der Waals surface area contributed by atoms with Gasteiger partial charge in [-0.3, -0.25) is 19.3 Å². The average molecular weight is 461 g/mol. The number of ether oxygens (including phenoxy) is 2. The molecule has 2 heterocycles. The Kier molecular flexibility index (Phi) is 7.97. The zero-order valence-electron chi connectivity index (χ0n) is 20.3. The second kappa shape index (κ2) is 10.5. The molecular weight excluding hydrogens is 424 g/mol. The van der Waals surface area contributed by atoms with Gasteiger partial charge in [0.15, 0.2) is 0 Å². The third-order valence-corrected chi connectivity index (χ3v) is 6.33. The fourth-order valence-electron chi connectivity index (χ4n) is 4.40.